The molecule has 0 atom stereocenters. The number of benzene rings is 1. The number of rotatable bonds is 6. The average molecular weight is 292 g/mol. The molecule has 0 amide bonds. The van der Waals surface area contributed by atoms with E-state index in [1.54, 1.807) is 13.8 Å². The van der Waals surface area contributed by atoms with Gasteiger partial charge in [0.2, 0.25) is 0 Å². The summed E-state index contributed by atoms with van der Waals surface area (Å²) < 4.78 is 50.9. The normalized spacial score (nSPS) is 11.1. The number of hydrogen-bond donors (Lipinski definition) is 0. The van der Waals surface area contributed by atoms with Gasteiger partial charge >= 0.3 is 12.1 Å². The molecule has 4 nitrogen and oxygen atoms in total. The first-order chi connectivity index (χ1) is 9.37. The van der Waals surface area contributed by atoms with Crippen LogP contribution in [0.4, 0.5) is 13.2 Å². The van der Waals surface area contributed by atoms with Gasteiger partial charge in [0.25, 0.3) is 0 Å². The van der Waals surface area contributed by atoms with Crippen molar-refractivity contribution in [3.05, 3.63) is 23.8 Å². The van der Waals surface area contributed by atoms with Crippen LogP contribution in [0, 0.1) is 0 Å². The summed E-state index contributed by atoms with van der Waals surface area (Å²) in [4.78, 5) is 11.7. The second kappa shape index (κ2) is 7.02. The van der Waals surface area contributed by atoms with Crippen LogP contribution in [0.15, 0.2) is 18.2 Å². The number of ether oxygens (including phenoxy) is 3. The molecule has 0 saturated heterocycles. The number of alkyl halides is 3. The molecule has 0 aliphatic heterocycles. The molecule has 1 rings (SSSR count). The Balaban J connectivity index is 2.94. The van der Waals surface area contributed by atoms with Crippen LogP contribution < -0.4 is 9.47 Å². The molecule has 0 aliphatic rings. The van der Waals surface area contributed by atoms with Crippen molar-refractivity contribution in [2.75, 3.05) is 19.8 Å². The molecule has 0 fully saturated rings. The van der Waals surface area contributed by atoms with Crippen molar-refractivity contribution in [1.82, 2.24) is 0 Å². The zero-order chi connectivity index (χ0) is 15.2. The van der Waals surface area contributed by atoms with E-state index in [0.717, 1.165) is 0 Å². The van der Waals surface area contributed by atoms with Gasteiger partial charge < -0.3 is 14.2 Å². The van der Waals surface area contributed by atoms with E-state index in [0.29, 0.717) is 6.61 Å². The van der Waals surface area contributed by atoms with E-state index in [4.69, 9.17) is 9.47 Å². The van der Waals surface area contributed by atoms with Gasteiger partial charge in [-0.15, -0.1) is 0 Å². The second-order valence-corrected chi connectivity index (χ2v) is 3.72. The van der Waals surface area contributed by atoms with Gasteiger partial charge in [-0.25, -0.2) is 4.79 Å². The predicted molar refractivity (Wildman–Crippen MR) is 65.1 cm³/mol. The van der Waals surface area contributed by atoms with E-state index >= 15 is 0 Å². The van der Waals surface area contributed by atoms with Gasteiger partial charge in [-0.2, -0.15) is 13.2 Å². The van der Waals surface area contributed by atoms with Crippen LogP contribution in [0.2, 0.25) is 0 Å². The van der Waals surface area contributed by atoms with Crippen LogP contribution in [-0.2, 0) is 4.74 Å². The lowest BCUT2D eigenvalue weighted by atomic mass is 10.2. The van der Waals surface area contributed by atoms with E-state index in [1.165, 1.54) is 18.2 Å². The summed E-state index contributed by atoms with van der Waals surface area (Å²) in [7, 11) is 0. The minimum atomic E-state index is -4.44. The van der Waals surface area contributed by atoms with Gasteiger partial charge in [-0.1, -0.05) is 0 Å². The number of carbonyl (C=O) groups is 1. The molecule has 0 bridgehead atoms. The van der Waals surface area contributed by atoms with Gasteiger partial charge in [0, 0.05) is 0 Å². The molecule has 1 aromatic rings. The van der Waals surface area contributed by atoms with E-state index in [9.17, 15) is 18.0 Å². The van der Waals surface area contributed by atoms with Crippen molar-refractivity contribution in [3.63, 3.8) is 0 Å². The van der Waals surface area contributed by atoms with Crippen LogP contribution in [0.5, 0.6) is 11.5 Å². The highest BCUT2D eigenvalue weighted by Gasteiger charge is 2.28. The molecule has 7 heteroatoms. The highest BCUT2D eigenvalue weighted by atomic mass is 19.4. The number of halogens is 3. The van der Waals surface area contributed by atoms with Crippen molar-refractivity contribution in [2.24, 2.45) is 0 Å². The quantitative estimate of drug-likeness (QED) is 0.755. The molecule has 0 aromatic heterocycles. The van der Waals surface area contributed by atoms with Crippen LogP contribution in [0.3, 0.4) is 0 Å². The molecule has 0 heterocycles. The summed E-state index contributed by atoms with van der Waals surface area (Å²) in [6.45, 7) is 2.39. The monoisotopic (exact) mass is 292 g/mol. The Labute approximate surface area is 114 Å². The minimum Gasteiger partial charge on any atom is -0.493 e. The van der Waals surface area contributed by atoms with Crippen LogP contribution in [0.25, 0.3) is 0 Å². The summed E-state index contributed by atoms with van der Waals surface area (Å²) in [5.41, 5.74) is 0.0355. The van der Waals surface area contributed by atoms with Crippen molar-refractivity contribution >= 4 is 5.97 Å². The first-order valence-corrected chi connectivity index (χ1v) is 6.01. The van der Waals surface area contributed by atoms with Gasteiger partial charge in [0.1, 0.15) is 17.1 Å². The molecule has 0 unspecified atom stereocenters. The topological polar surface area (TPSA) is 44.8 Å². The fourth-order valence-electron chi connectivity index (χ4n) is 1.41. The highest BCUT2D eigenvalue weighted by molar-refractivity contribution is 5.93. The predicted octanol–water partition coefficient (Wildman–Crippen LogP) is 3.20. The maximum absolute atomic E-state index is 12.1. The lowest BCUT2D eigenvalue weighted by Gasteiger charge is -2.13. The van der Waals surface area contributed by atoms with Crippen molar-refractivity contribution in [2.45, 2.75) is 20.0 Å². The highest BCUT2D eigenvalue weighted by Crippen LogP contribution is 2.26. The summed E-state index contributed by atoms with van der Waals surface area (Å²) in [5.74, 6) is -0.507. The number of hydrogen-bond acceptors (Lipinski definition) is 4. The summed E-state index contributed by atoms with van der Waals surface area (Å²) >= 11 is 0. The Morgan fingerprint density at radius 1 is 1.15 bits per heavy atom. The van der Waals surface area contributed by atoms with Gasteiger partial charge in [-0.3, -0.25) is 0 Å². The lowest BCUT2D eigenvalue weighted by Crippen LogP contribution is -2.19. The maximum atomic E-state index is 12.1. The molecular weight excluding hydrogens is 277 g/mol. The maximum Gasteiger partial charge on any atom is 0.422 e. The molecular formula is C13H15F3O4. The Morgan fingerprint density at radius 2 is 1.85 bits per heavy atom. The average Bonchev–Trinajstić information content (AvgIpc) is 2.37. The van der Waals surface area contributed by atoms with Crippen molar-refractivity contribution < 1.29 is 32.2 Å². The summed E-state index contributed by atoms with van der Waals surface area (Å²) in [6, 6.07) is 3.86. The number of carbonyl (C=O) groups excluding carboxylic acids is 1. The van der Waals surface area contributed by atoms with Gasteiger partial charge in [0.05, 0.1) is 13.2 Å². The third-order valence-electron chi connectivity index (χ3n) is 2.15. The third kappa shape index (κ3) is 4.99. The fourth-order valence-corrected chi connectivity index (χ4v) is 1.41. The molecule has 0 N–H and O–H groups in total. The first kappa shape index (κ1) is 16.1. The largest absolute Gasteiger partial charge is 0.493 e. The Morgan fingerprint density at radius 3 is 2.40 bits per heavy atom. The summed E-state index contributed by atoms with van der Waals surface area (Å²) in [6.07, 6.45) is -4.44. The third-order valence-corrected chi connectivity index (χ3v) is 2.15. The first-order valence-electron chi connectivity index (χ1n) is 6.01. The number of esters is 1. The van der Waals surface area contributed by atoms with Crippen LogP contribution >= 0.6 is 0 Å². The van der Waals surface area contributed by atoms with Crippen LogP contribution in [-0.4, -0.2) is 32.0 Å². The van der Waals surface area contributed by atoms with E-state index in [-0.39, 0.29) is 23.7 Å². The zero-order valence-electron chi connectivity index (χ0n) is 11.1. The smallest absolute Gasteiger partial charge is 0.422 e. The van der Waals surface area contributed by atoms with Crippen LogP contribution in [0.1, 0.15) is 24.2 Å². The van der Waals surface area contributed by atoms with Gasteiger partial charge in [0.15, 0.2) is 6.61 Å². The molecule has 0 aliphatic carbocycles. The molecule has 0 saturated carbocycles. The second-order valence-electron chi connectivity index (χ2n) is 3.72. The fraction of sp³-hybridized carbons (Fsp3) is 0.462. The Hall–Kier alpha value is -1.92. The minimum absolute atomic E-state index is 0.0355. The van der Waals surface area contributed by atoms with Gasteiger partial charge in [-0.05, 0) is 32.0 Å². The standard InChI is InChI=1S/C13H15F3O4/c1-3-18-11-6-5-9(20-8-13(14,15)16)7-10(11)12(17)19-4-2/h5-7H,3-4,8H2,1-2H3. The van der Waals surface area contributed by atoms with E-state index in [1.807, 2.05) is 0 Å². The Bertz CT molecular complexity index is 457. The van der Waals surface area contributed by atoms with E-state index in [2.05, 4.69) is 4.74 Å². The SMILES string of the molecule is CCOC(=O)c1cc(OCC(F)(F)F)ccc1OCC. The molecule has 1 aromatic carbocycles. The Kier molecular flexibility index (Phi) is 5.66. The molecule has 112 valence electrons. The van der Waals surface area contributed by atoms with Crippen molar-refractivity contribution in [1.29, 1.82) is 0 Å². The molecule has 0 radical (unpaired) electrons. The lowest BCUT2D eigenvalue weighted by molar-refractivity contribution is -0.153. The summed E-state index contributed by atoms with van der Waals surface area (Å²) in [5, 5.41) is 0. The zero-order valence-corrected chi connectivity index (χ0v) is 11.1. The van der Waals surface area contributed by atoms with Crippen molar-refractivity contribution in [3.8, 4) is 11.5 Å². The molecule has 20 heavy (non-hydrogen) atoms. The van der Waals surface area contributed by atoms with E-state index < -0.39 is 18.8 Å². The molecule has 0 spiro atoms.